The van der Waals surface area contributed by atoms with E-state index in [1.807, 2.05) is 29.1 Å². The molecule has 0 saturated carbocycles. The summed E-state index contributed by atoms with van der Waals surface area (Å²) in [6.07, 6.45) is 5.64. The second-order valence-electron chi connectivity index (χ2n) is 1.87. The molecular weight excluding hydrogens is 169 g/mol. The van der Waals surface area contributed by atoms with Crippen molar-refractivity contribution in [2.45, 2.75) is 6.54 Å². The van der Waals surface area contributed by atoms with Gasteiger partial charge in [0.1, 0.15) is 4.49 Å². The molecule has 1 heterocycles. The van der Waals surface area contributed by atoms with E-state index in [1.165, 1.54) is 0 Å². The Hall–Kier alpha value is -0.400. The molecular formula is C7H7Cl2N. The number of halogens is 2. The van der Waals surface area contributed by atoms with Gasteiger partial charge >= 0.3 is 0 Å². The molecule has 54 valence electrons. The number of hydrogen-bond donors (Lipinski definition) is 0. The molecule has 0 unspecified atom stereocenters. The Morgan fingerprint density at radius 1 is 1.30 bits per heavy atom. The first kappa shape index (κ1) is 7.70. The minimum absolute atomic E-state index is 0.314. The van der Waals surface area contributed by atoms with Gasteiger partial charge in [0, 0.05) is 18.9 Å². The second kappa shape index (κ2) is 3.69. The number of hydrogen-bond acceptors (Lipinski definition) is 0. The smallest absolute Gasteiger partial charge is 0.104 e. The number of allylic oxidation sites excluding steroid dienone is 1. The molecule has 0 atom stereocenters. The van der Waals surface area contributed by atoms with Crippen molar-refractivity contribution in [3.8, 4) is 0 Å². The monoisotopic (exact) mass is 175 g/mol. The summed E-state index contributed by atoms with van der Waals surface area (Å²) in [5.74, 6) is 0. The van der Waals surface area contributed by atoms with Crippen molar-refractivity contribution < 1.29 is 0 Å². The zero-order valence-corrected chi connectivity index (χ0v) is 6.81. The highest BCUT2D eigenvalue weighted by Gasteiger charge is 1.84. The minimum Gasteiger partial charge on any atom is -0.350 e. The van der Waals surface area contributed by atoms with Gasteiger partial charge in [0.2, 0.25) is 0 Å². The minimum atomic E-state index is 0.314. The molecule has 0 aromatic carbocycles. The van der Waals surface area contributed by atoms with Crippen molar-refractivity contribution in [2.75, 3.05) is 0 Å². The third-order valence-corrected chi connectivity index (χ3v) is 1.43. The number of nitrogens with zero attached hydrogens (tertiary/aromatic N) is 1. The number of rotatable bonds is 2. The predicted octanol–water partition coefficient (Wildman–Crippen LogP) is 2.81. The maximum Gasteiger partial charge on any atom is 0.104 e. The third kappa shape index (κ3) is 2.46. The summed E-state index contributed by atoms with van der Waals surface area (Å²) in [6, 6.07) is 3.91. The zero-order valence-electron chi connectivity index (χ0n) is 5.30. The number of aromatic nitrogens is 1. The summed E-state index contributed by atoms with van der Waals surface area (Å²) in [5.41, 5.74) is 0. The van der Waals surface area contributed by atoms with Crippen LogP contribution in [0.15, 0.2) is 35.1 Å². The van der Waals surface area contributed by atoms with Gasteiger partial charge in [-0.25, -0.2) is 0 Å². The van der Waals surface area contributed by atoms with Crippen molar-refractivity contribution >= 4 is 23.2 Å². The Kier molecular flexibility index (Phi) is 2.84. The zero-order chi connectivity index (χ0) is 7.40. The first-order valence-electron chi connectivity index (χ1n) is 2.91. The van der Waals surface area contributed by atoms with Crippen LogP contribution in [0.4, 0.5) is 0 Å². The van der Waals surface area contributed by atoms with Crippen LogP contribution in [0.5, 0.6) is 0 Å². The Labute approximate surface area is 69.9 Å². The fourth-order valence-corrected chi connectivity index (χ4v) is 0.804. The maximum atomic E-state index is 5.41. The second-order valence-corrected chi connectivity index (χ2v) is 2.88. The summed E-state index contributed by atoms with van der Waals surface area (Å²) in [5, 5.41) is 0. The highest BCUT2D eigenvalue weighted by molar-refractivity contribution is 6.55. The molecule has 0 aliphatic rings. The normalized spacial score (nSPS) is 9.40. The molecule has 0 N–H and O–H groups in total. The molecule has 0 saturated heterocycles. The van der Waals surface area contributed by atoms with Gasteiger partial charge in [-0.3, -0.25) is 0 Å². The van der Waals surface area contributed by atoms with Crippen LogP contribution in [0, 0.1) is 0 Å². The van der Waals surface area contributed by atoms with E-state index in [9.17, 15) is 0 Å². The first-order valence-corrected chi connectivity index (χ1v) is 3.66. The van der Waals surface area contributed by atoms with Crippen LogP contribution in [0.1, 0.15) is 0 Å². The fraction of sp³-hybridized carbons (Fsp3) is 0.143. The molecule has 1 aromatic heterocycles. The lowest BCUT2D eigenvalue weighted by Gasteiger charge is -1.93. The van der Waals surface area contributed by atoms with Gasteiger partial charge in [-0.1, -0.05) is 23.2 Å². The average Bonchev–Trinajstić information content (AvgIpc) is 2.34. The molecule has 0 aliphatic heterocycles. The molecule has 0 amide bonds. The average molecular weight is 176 g/mol. The quantitative estimate of drug-likeness (QED) is 0.652. The van der Waals surface area contributed by atoms with E-state index >= 15 is 0 Å². The van der Waals surface area contributed by atoms with E-state index < -0.39 is 0 Å². The molecule has 0 radical (unpaired) electrons. The molecule has 1 rings (SSSR count). The summed E-state index contributed by atoms with van der Waals surface area (Å²) in [6.45, 7) is 0.731. The van der Waals surface area contributed by atoms with E-state index in [-0.39, 0.29) is 0 Å². The Morgan fingerprint density at radius 3 is 2.40 bits per heavy atom. The lowest BCUT2D eigenvalue weighted by atomic mass is 10.6. The SMILES string of the molecule is ClC(Cl)=CCn1cccc1. The van der Waals surface area contributed by atoms with Gasteiger partial charge in [-0.05, 0) is 18.2 Å². The molecule has 0 aliphatic carbocycles. The summed E-state index contributed by atoms with van der Waals surface area (Å²) < 4.78 is 2.29. The van der Waals surface area contributed by atoms with Gasteiger partial charge in [-0.15, -0.1) is 0 Å². The van der Waals surface area contributed by atoms with Gasteiger partial charge in [0.25, 0.3) is 0 Å². The van der Waals surface area contributed by atoms with Crippen LogP contribution in [0.3, 0.4) is 0 Å². The highest BCUT2D eigenvalue weighted by atomic mass is 35.5. The lowest BCUT2D eigenvalue weighted by Crippen LogP contribution is -1.88. The Morgan fingerprint density at radius 2 is 1.90 bits per heavy atom. The predicted molar refractivity (Wildman–Crippen MR) is 44.2 cm³/mol. The van der Waals surface area contributed by atoms with Crippen molar-refractivity contribution in [3.05, 3.63) is 35.1 Å². The van der Waals surface area contributed by atoms with E-state index in [4.69, 9.17) is 23.2 Å². The van der Waals surface area contributed by atoms with Crippen LogP contribution in [0.25, 0.3) is 0 Å². The van der Waals surface area contributed by atoms with Crippen LogP contribution in [-0.4, -0.2) is 4.57 Å². The maximum absolute atomic E-state index is 5.41. The van der Waals surface area contributed by atoms with E-state index in [2.05, 4.69) is 0 Å². The molecule has 0 bridgehead atoms. The molecule has 1 aromatic rings. The van der Waals surface area contributed by atoms with Gasteiger partial charge in [0.05, 0.1) is 0 Å². The van der Waals surface area contributed by atoms with Crippen LogP contribution in [0.2, 0.25) is 0 Å². The Bertz CT molecular complexity index is 210. The molecule has 3 heteroatoms. The summed E-state index contributed by atoms with van der Waals surface area (Å²) >= 11 is 10.8. The van der Waals surface area contributed by atoms with Gasteiger partial charge < -0.3 is 4.57 Å². The highest BCUT2D eigenvalue weighted by Crippen LogP contribution is 2.06. The van der Waals surface area contributed by atoms with Gasteiger partial charge in [0.15, 0.2) is 0 Å². The third-order valence-electron chi connectivity index (χ3n) is 1.12. The van der Waals surface area contributed by atoms with Crippen molar-refractivity contribution in [1.29, 1.82) is 0 Å². The van der Waals surface area contributed by atoms with E-state index in [0.717, 1.165) is 6.54 Å². The van der Waals surface area contributed by atoms with E-state index in [0.29, 0.717) is 4.49 Å². The van der Waals surface area contributed by atoms with E-state index in [1.54, 1.807) is 6.08 Å². The molecule has 0 fully saturated rings. The molecule has 10 heavy (non-hydrogen) atoms. The standard InChI is InChI=1S/C7H7Cl2N/c8-7(9)3-6-10-4-1-2-5-10/h1-5H,6H2. The summed E-state index contributed by atoms with van der Waals surface area (Å²) in [4.78, 5) is 0. The van der Waals surface area contributed by atoms with Crippen molar-refractivity contribution in [3.63, 3.8) is 0 Å². The first-order chi connectivity index (χ1) is 4.79. The molecule has 0 spiro atoms. The Balaban J connectivity index is 2.49. The summed E-state index contributed by atoms with van der Waals surface area (Å²) in [7, 11) is 0. The van der Waals surface area contributed by atoms with Crippen molar-refractivity contribution in [2.24, 2.45) is 0 Å². The largest absolute Gasteiger partial charge is 0.350 e. The van der Waals surface area contributed by atoms with Crippen LogP contribution < -0.4 is 0 Å². The fourth-order valence-electron chi connectivity index (χ4n) is 0.666. The topological polar surface area (TPSA) is 4.93 Å². The molecule has 1 nitrogen and oxygen atoms in total. The van der Waals surface area contributed by atoms with Gasteiger partial charge in [-0.2, -0.15) is 0 Å². The lowest BCUT2D eigenvalue weighted by molar-refractivity contribution is 0.830. The van der Waals surface area contributed by atoms with Crippen molar-refractivity contribution in [1.82, 2.24) is 4.57 Å². The van der Waals surface area contributed by atoms with Crippen LogP contribution >= 0.6 is 23.2 Å². The van der Waals surface area contributed by atoms with Crippen LogP contribution in [-0.2, 0) is 6.54 Å².